The number of hydrogen-bond donors (Lipinski definition) is 2. The number of rotatable bonds is 5. The molecule has 1 amide bonds. The Morgan fingerprint density at radius 2 is 1.71 bits per heavy atom. The Kier molecular flexibility index (Phi) is 6.68. The van der Waals surface area contributed by atoms with Gasteiger partial charge in [0.2, 0.25) is 10.0 Å². The summed E-state index contributed by atoms with van der Waals surface area (Å²) in [5, 5.41) is 8.51. The standard InChI is InChI=1S/C20H20F3N3O4S/c21-20(22,23)16-4-2-5-17(14-16)25-9-11-26(12-10-25)31(29,30)18-6-1-3-15(13-18)7-8-19(27)24-28/h1-8,13-14,28H,9-12H2,(H,24,27)/b8-7+. The quantitative estimate of drug-likeness (QED) is 0.411. The first-order valence-corrected chi connectivity index (χ1v) is 10.7. The molecule has 2 aromatic rings. The van der Waals surface area contributed by atoms with E-state index in [9.17, 15) is 26.4 Å². The monoisotopic (exact) mass is 455 g/mol. The first kappa shape index (κ1) is 22.8. The van der Waals surface area contributed by atoms with Crippen LogP contribution >= 0.6 is 0 Å². The predicted octanol–water partition coefficient (Wildman–Crippen LogP) is 2.73. The molecule has 31 heavy (non-hydrogen) atoms. The summed E-state index contributed by atoms with van der Waals surface area (Å²) in [7, 11) is -3.82. The summed E-state index contributed by atoms with van der Waals surface area (Å²) in [6.07, 6.45) is -2.03. The lowest BCUT2D eigenvalue weighted by atomic mass is 10.1. The van der Waals surface area contributed by atoms with Gasteiger partial charge in [0, 0.05) is 37.9 Å². The van der Waals surface area contributed by atoms with Crippen molar-refractivity contribution < 1.29 is 31.6 Å². The molecule has 0 aromatic heterocycles. The van der Waals surface area contributed by atoms with E-state index >= 15 is 0 Å². The molecule has 0 unspecified atom stereocenters. The van der Waals surface area contributed by atoms with Gasteiger partial charge in [-0.3, -0.25) is 10.0 Å². The molecule has 0 saturated carbocycles. The van der Waals surface area contributed by atoms with E-state index in [4.69, 9.17) is 5.21 Å². The van der Waals surface area contributed by atoms with Gasteiger partial charge in [0.15, 0.2) is 0 Å². The lowest BCUT2D eigenvalue weighted by molar-refractivity contribution is -0.137. The molecular formula is C20H20F3N3O4S. The number of hydrogen-bond acceptors (Lipinski definition) is 5. The third kappa shape index (κ3) is 5.43. The fourth-order valence-corrected chi connectivity index (χ4v) is 4.68. The van der Waals surface area contributed by atoms with Crippen LogP contribution in [-0.4, -0.2) is 50.0 Å². The number of halogens is 3. The molecule has 1 fully saturated rings. The van der Waals surface area contributed by atoms with Crippen LogP contribution in [0, 0.1) is 0 Å². The smallest absolute Gasteiger partial charge is 0.369 e. The van der Waals surface area contributed by atoms with Gasteiger partial charge >= 0.3 is 6.18 Å². The van der Waals surface area contributed by atoms with Crippen molar-refractivity contribution in [1.82, 2.24) is 9.79 Å². The zero-order chi connectivity index (χ0) is 22.6. The number of nitrogens with one attached hydrogen (secondary N) is 1. The van der Waals surface area contributed by atoms with E-state index < -0.39 is 27.7 Å². The highest BCUT2D eigenvalue weighted by molar-refractivity contribution is 7.89. The van der Waals surface area contributed by atoms with Crippen molar-refractivity contribution >= 4 is 27.7 Å². The molecule has 0 atom stereocenters. The normalized spacial score (nSPS) is 15.9. The van der Waals surface area contributed by atoms with Crippen molar-refractivity contribution in [1.29, 1.82) is 0 Å². The summed E-state index contributed by atoms with van der Waals surface area (Å²) in [5.41, 5.74) is 1.53. The number of carbonyl (C=O) groups excluding carboxylic acids is 1. The number of sulfonamides is 1. The number of piperazine rings is 1. The van der Waals surface area contributed by atoms with Gasteiger partial charge in [0.05, 0.1) is 10.5 Å². The second-order valence-electron chi connectivity index (χ2n) is 6.82. The van der Waals surface area contributed by atoms with Crippen LogP contribution in [0.5, 0.6) is 0 Å². The highest BCUT2D eigenvalue weighted by atomic mass is 32.2. The second kappa shape index (κ2) is 9.08. The Morgan fingerprint density at radius 3 is 2.35 bits per heavy atom. The summed E-state index contributed by atoms with van der Waals surface area (Å²) in [5.74, 6) is -0.751. The molecule has 1 heterocycles. The minimum Gasteiger partial charge on any atom is -0.369 e. The lowest BCUT2D eigenvalue weighted by Crippen LogP contribution is -2.48. The van der Waals surface area contributed by atoms with Crippen molar-refractivity contribution in [3.63, 3.8) is 0 Å². The van der Waals surface area contributed by atoms with Gasteiger partial charge in [0.25, 0.3) is 5.91 Å². The maximum atomic E-state index is 13.0. The number of nitrogens with zero attached hydrogens (tertiary/aromatic N) is 2. The molecular weight excluding hydrogens is 435 g/mol. The Balaban J connectivity index is 1.72. The molecule has 1 saturated heterocycles. The molecule has 3 rings (SSSR count). The van der Waals surface area contributed by atoms with Gasteiger partial charge in [-0.25, -0.2) is 13.9 Å². The van der Waals surface area contributed by atoms with Gasteiger partial charge in [0.1, 0.15) is 0 Å². The van der Waals surface area contributed by atoms with Gasteiger partial charge in [-0.15, -0.1) is 0 Å². The highest BCUT2D eigenvalue weighted by Crippen LogP contribution is 2.32. The average Bonchev–Trinajstić information content (AvgIpc) is 2.77. The number of carbonyl (C=O) groups is 1. The summed E-state index contributed by atoms with van der Waals surface area (Å²) in [6, 6.07) is 10.9. The van der Waals surface area contributed by atoms with E-state index in [1.54, 1.807) is 17.0 Å². The molecule has 2 N–H and O–H groups in total. The van der Waals surface area contributed by atoms with Crippen molar-refractivity contribution in [2.24, 2.45) is 0 Å². The fourth-order valence-electron chi connectivity index (χ4n) is 3.20. The summed E-state index contributed by atoms with van der Waals surface area (Å²) in [6.45, 7) is 0.727. The van der Waals surface area contributed by atoms with Crippen LogP contribution in [0.1, 0.15) is 11.1 Å². The molecule has 0 bridgehead atoms. The van der Waals surface area contributed by atoms with E-state index in [1.165, 1.54) is 40.1 Å². The minimum absolute atomic E-state index is 0.0339. The van der Waals surface area contributed by atoms with Crippen molar-refractivity contribution in [3.8, 4) is 0 Å². The largest absolute Gasteiger partial charge is 0.416 e. The molecule has 0 aliphatic carbocycles. The molecule has 0 spiro atoms. The van der Waals surface area contributed by atoms with Gasteiger partial charge < -0.3 is 4.90 Å². The van der Waals surface area contributed by atoms with Crippen LogP contribution < -0.4 is 10.4 Å². The van der Waals surface area contributed by atoms with Crippen molar-refractivity contribution in [2.45, 2.75) is 11.1 Å². The number of benzene rings is 2. The predicted molar refractivity (Wildman–Crippen MR) is 108 cm³/mol. The second-order valence-corrected chi connectivity index (χ2v) is 8.76. The molecule has 0 radical (unpaired) electrons. The Labute approximate surface area is 177 Å². The third-order valence-electron chi connectivity index (χ3n) is 4.81. The van der Waals surface area contributed by atoms with Gasteiger partial charge in [-0.2, -0.15) is 17.5 Å². The van der Waals surface area contributed by atoms with Crippen LogP contribution in [0.3, 0.4) is 0 Å². The van der Waals surface area contributed by atoms with Crippen LogP contribution in [0.2, 0.25) is 0 Å². The SMILES string of the molecule is O=C(/C=C/c1cccc(S(=O)(=O)N2CCN(c3cccc(C(F)(F)F)c3)CC2)c1)NO. The van der Waals surface area contributed by atoms with Crippen molar-refractivity contribution in [3.05, 3.63) is 65.7 Å². The minimum atomic E-state index is -4.45. The maximum absolute atomic E-state index is 13.0. The third-order valence-corrected chi connectivity index (χ3v) is 6.71. The summed E-state index contributed by atoms with van der Waals surface area (Å²) < 4.78 is 66.1. The first-order valence-electron chi connectivity index (χ1n) is 9.26. The van der Waals surface area contributed by atoms with E-state index in [1.807, 2.05) is 0 Å². The highest BCUT2D eigenvalue weighted by Gasteiger charge is 2.32. The zero-order valence-electron chi connectivity index (χ0n) is 16.2. The number of amides is 1. The topological polar surface area (TPSA) is 90.0 Å². The Morgan fingerprint density at radius 1 is 1.03 bits per heavy atom. The zero-order valence-corrected chi connectivity index (χ0v) is 17.0. The maximum Gasteiger partial charge on any atom is 0.416 e. The summed E-state index contributed by atoms with van der Waals surface area (Å²) in [4.78, 5) is 12.8. The Hall–Kier alpha value is -2.89. The van der Waals surface area contributed by atoms with Crippen LogP contribution in [0.15, 0.2) is 59.5 Å². The Bertz CT molecular complexity index is 1080. The van der Waals surface area contributed by atoms with Gasteiger partial charge in [-0.05, 0) is 42.0 Å². The number of alkyl halides is 3. The van der Waals surface area contributed by atoms with E-state index in [0.29, 0.717) is 11.3 Å². The fraction of sp³-hybridized carbons (Fsp3) is 0.250. The van der Waals surface area contributed by atoms with Crippen molar-refractivity contribution in [2.75, 3.05) is 31.1 Å². The first-order chi connectivity index (χ1) is 14.6. The molecule has 2 aromatic carbocycles. The molecule has 11 heteroatoms. The van der Waals surface area contributed by atoms with E-state index in [0.717, 1.165) is 18.2 Å². The van der Waals surface area contributed by atoms with Crippen LogP contribution in [-0.2, 0) is 21.0 Å². The molecule has 1 aliphatic rings. The van der Waals surface area contributed by atoms with Crippen LogP contribution in [0.25, 0.3) is 6.08 Å². The van der Waals surface area contributed by atoms with Gasteiger partial charge in [-0.1, -0.05) is 18.2 Å². The molecule has 7 nitrogen and oxygen atoms in total. The average molecular weight is 455 g/mol. The lowest BCUT2D eigenvalue weighted by Gasteiger charge is -2.35. The molecule has 1 aliphatic heterocycles. The van der Waals surface area contributed by atoms with E-state index in [2.05, 4.69) is 0 Å². The van der Waals surface area contributed by atoms with Crippen LogP contribution in [0.4, 0.5) is 18.9 Å². The number of hydroxylamine groups is 1. The molecule has 166 valence electrons. The van der Waals surface area contributed by atoms with E-state index in [-0.39, 0.29) is 31.1 Å². The summed E-state index contributed by atoms with van der Waals surface area (Å²) >= 11 is 0. The number of anilines is 1.